The lowest BCUT2D eigenvalue weighted by Gasteiger charge is -2.42. The molecule has 0 aliphatic carbocycles. The Labute approximate surface area is 192 Å². The summed E-state index contributed by atoms with van der Waals surface area (Å²) in [7, 11) is 0. The summed E-state index contributed by atoms with van der Waals surface area (Å²) in [4.78, 5) is 2.41. The van der Waals surface area contributed by atoms with E-state index in [1.165, 1.54) is 5.56 Å². The van der Waals surface area contributed by atoms with Crippen LogP contribution in [0.3, 0.4) is 0 Å². The van der Waals surface area contributed by atoms with Crippen LogP contribution in [0.4, 0.5) is 0 Å². The molecular weight excluding hydrogens is 417 g/mol. The fourth-order valence-electron chi connectivity index (χ4n) is 4.38. The lowest BCUT2D eigenvalue weighted by atomic mass is 9.72. The van der Waals surface area contributed by atoms with Crippen molar-refractivity contribution in [3.8, 4) is 0 Å². The predicted molar refractivity (Wildman–Crippen MR) is 128 cm³/mol. The maximum atomic E-state index is 12.2. The lowest BCUT2D eigenvalue weighted by molar-refractivity contribution is -0.0356. The molecule has 1 saturated heterocycles. The molecule has 0 radical (unpaired) electrons. The molecule has 0 saturated carbocycles. The number of hydrogen-bond acceptors (Lipinski definition) is 3. The number of morpholine rings is 1. The number of rotatable bonds is 8. The Morgan fingerprint density at radius 2 is 1.63 bits per heavy atom. The van der Waals surface area contributed by atoms with Gasteiger partial charge in [0, 0.05) is 30.6 Å². The number of ether oxygens (including phenoxy) is 1. The first kappa shape index (κ1) is 25.2. The fraction of sp³-hybridized carbons (Fsp3) is 0.520. The van der Waals surface area contributed by atoms with Gasteiger partial charge in [-0.1, -0.05) is 68.8 Å². The van der Waals surface area contributed by atoms with Crippen molar-refractivity contribution < 1.29 is 9.84 Å². The van der Waals surface area contributed by atoms with Gasteiger partial charge >= 0.3 is 0 Å². The van der Waals surface area contributed by atoms with Crippen LogP contribution in [0.25, 0.3) is 0 Å². The molecule has 0 spiro atoms. The van der Waals surface area contributed by atoms with Crippen LogP contribution in [0.15, 0.2) is 48.5 Å². The van der Waals surface area contributed by atoms with Gasteiger partial charge in [-0.05, 0) is 47.6 Å². The highest BCUT2D eigenvalue weighted by atomic mass is 35.5. The van der Waals surface area contributed by atoms with Crippen LogP contribution in [0, 0.1) is 5.92 Å². The van der Waals surface area contributed by atoms with Gasteiger partial charge in [0.05, 0.1) is 18.8 Å². The third kappa shape index (κ3) is 6.21. The second-order valence-electron chi connectivity index (χ2n) is 8.59. The number of benzene rings is 2. The molecule has 166 valence electrons. The minimum absolute atomic E-state index is 0. The van der Waals surface area contributed by atoms with Gasteiger partial charge in [-0.15, -0.1) is 12.4 Å². The highest BCUT2D eigenvalue weighted by molar-refractivity contribution is 6.30. The SMILES string of the molecule is CCc1ccc(C(O)(CC(C)C)C(CN2CCOCC2)c2ccc(Cl)cc2)cc1.Cl. The van der Waals surface area contributed by atoms with E-state index in [1.54, 1.807) is 0 Å². The minimum Gasteiger partial charge on any atom is -0.384 e. The maximum Gasteiger partial charge on any atom is 0.0979 e. The standard InChI is InChI=1S/C25H34ClNO2.ClH/c1-4-20-5-9-22(10-6-20)25(28,17-19(2)3)24(18-27-13-15-29-16-14-27)21-7-11-23(26)12-8-21;/h5-12,19,24,28H,4,13-18H2,1-3H3;1H. The Balaban J connectivity index is 0.00000320. The first-order chi connectivity index (χ1) is 13.9. The molecule has 2 unspecified atom stereocenters. The molecule has 1 aliphatic heterocycles. The molecule has 5 heteroatoms. The van der Waals surface area contributed by atoms with Crippen LogP contribution in [0.1, 0.15) is 49.8 Å². The summed E-state index contributed by atoms with van der Waals surface area (Å²) in [6.07, 6.45) is 1.70. The summed E-state index contributed by atoms with van der Waals surface area (Å²) in [5.74, 6) is 0.318. The Hall–Kier alpha value is -1.10. The molecule has 3 rings (SSSR count). The normalized spacial score (nSPS) is 17.9. The molecule has 0 aromatic heterocycles. The minimum atomic E-state index is -0.952. The molecule has 0 amide bonds. The number of halogens is 2. The van der Waals surface area contributed by atoms with E-state index < -0.39 is 5.60 Å². The van der Waals surface area contributed by atoms with Gasteiger partial charge < -0.3 is 9.84 Å². The smallest absolute Gasteiger partial charge is 0.0979 e. The molecule has 1 aliphatic rings. The van der Waals surface area contributed by atoms with E-state index in [0.29, 0.717) is 12.3 Å². The summed E-state index contributed by atoms with van der Waals surface area (Å²) < 4.78 is 5.54. The number of aliphatic hydroxyl groups is 1. The zero-order chi connectivity index (χ0) is 20.9. The quantitative estimate of drug-likeness (QED) is 0.560. The van der Waals surface area contributed by atoms with Crippen molar-refractivity contribution in [1.29, 1.82) is 0 Å². The van der Waals surface area contributed by atoms with Gasteiger partial charge in [0.1, 0.15) is 0 Å². The van der Waals surface area contributed by atoms with E-state index in [9.17, 15) is 5.11 Å². The maximum absolute atomic E-state index is 12.2. The van der Waals surface area contributed by atoms with E-state index in [2.05, 4.69) is 62.1 Å². The zero-order valence-electron chi connectivity index (χ0n) is 18.3. The van der Waals surface area contributed by atoms with Crippen LogP contribution in [-0.4, -0.2) is 42.9 Å². The topological polar surface area (TPSA) is 32.7 Å². The Morgan fingerprint density at radius 1 is 1.03 bits per heavy atom. The second kappa shape index (κ2) is 11.5. The van der Waals surface area contributed by atoms with Gasteiger partial charge in [-0.3, -0.25) is 4.90 Å². The third-order valence-corrected chi connectivity index (χ3v) is 6.23. The monoisotopic (exact) mass is 451 g/mol. The summed E-state index contributed by atoms with van der Waals surface area (Å²) in [6, 6.07) is 16.5. The van der Waals surface area contributed by atoms with E-state index in [4.69, 9.17) is 16.3 Å². The summed E-state index contributed by atoms with van der Waals surface area (Å²) in [5.41, 5.74) is 2.46. The van der Waals surface area contributed by atoms with Crippen LogP contribution < -0.4 is 0 Å². The Bertz CT molecular complexity index is 758. The summed E-state index contributed by atoms with van der Waals surface area (Å²) in [5, 5.41) is 13.0. The highest BCUT2D eigenvalue weighted by Gasteiger charge is 2.41. The average molecular weight is 452 g/mol. The van der Waals surface area contributed by atoms with Gasteiger partial charge in [0.25, 0.3) is 0 Å². The van der Waals surface area contributed by atoms with Crippen molar-refractivity contribution in [3.05, 3.63) is 70.2 Å². The lowest BCUT2D eigenvalue weighted by Crippen LogP contribution is -2.45. The van der Waals surface area contributed by atoms with E-state index in [-0.39, 0.29) is 18.3 Å². The molecule has 0 bridgehead atoms. The number of aryl methyl sites for hydroxylation is 1. The van der Waals surface area contributed by atoms with E-state index in [1.807, 2.05) is 12.1 Å². The molecule has 2 atom stereocenters. The van der Waals surface area contributed by atoms with Crippen LogP contribution >= 0.6 is 24.0 Å². The molecule has 1 fully saturated rings. The van der Waals surface area contributed by atoms with Crippen molar-refractivity contribution in [3.63, 3.8) is 0 Å². The van der Waals surface area contributed by atoms with Gasteiger partial charge in [0.2, 0.25) is 0 Å². The largest absolute Gasteiger partial charge is 0.384 e. The van der Waals surface area contributed by atoms with Crippen molar-refractivity contribution in [2.75, 3.05) is 32.8 Å². The highest BCUT2D eigenvalue weighted by Crippen LogP contribution is 2.43. The van der Waals surface area contributed by atoms with Crippen molar-refractivity contribution in [2.24, 2.45) is 5.92 Å². The van der Waals surface area contributed by atoms with Crippen LogP contribution in [-0.2, 0) is 16.8 Å². The van der Waals surface area contributed by atoms with Gasteiger partial charge in [-0.25, -0.2) is 0 Å². The van der Waals surface area contributed by atoms with Gasteiger partial charge in [-0.2, -0.15) is 0 Å². The zero-order valence-corrected chi connectivity index (χ0v) is 19.9. The number of nitrogens with zero attached hydrogens (tertiary/aromatic N) is 1. The van der Waals surface area contributed by atoms with Crippen LogP contribution in [0.2, 0.25) is 5.02 Å². The first-order valence-corrected chi connectivity index (χ1v) is 11.2. The first-order valence-electron chi connectivity index (χ1n) is 10.8. The van der Waals surface area contributed by atoms with Crippen molar-refractivity contribution >= 4 is 24.0 Å². The summed E-state index contributed by atoms with van der Waals surface area (Å²) in [6.45, 7) is 10.6. The fourth-order valence-corrected chi connectivity index (χ4v) is 4.51. The van der Waals surface area contributed by atoms with E-state index >= 15 is 0 Å². The second-order valence-corrected chi connectivity index (χ2v) is 9.03. The van der Waals surface area contributed by atoms with Crippen molar-refractivity contribution in [1.82, 2.24) is 4.90 Å². The molecule has 2 aromatic rings. The van der Waals surface area contributed by atoms with Crippen LogP contribution in [0.5, 0.6) is 0 Å². The molecule has 30 heavy (non-hydrogen) atoms. The van der Waals surface area contributed by atoms with Crippen molar-refractivity contribution in [2.45, 2.75) is 45.1 Å². The predicted octanol–water partition coefficient (Wildman–Crippen LogP) is 5.67. The molecule has 1 N–H and O–H groups in total. The third-order valence-electron chi connectivity index (χ3n) is 5.97. The molecule has 1 heterocycles. The summed E-state index contributed by atoms with van der Waals surface area (Å²) >= 11 is 6.17. The van der Waals surface area contributed by atoms with Gasteiger partial charge in [0.15, 0.2) is 0 Å². The Kier molecular flexibility index (Phi) is 9.65. The average Bonchev–Trinajstić information content (AvgIpc) is 2.73. The molecule has 3 nitrogen and oxygen atoms in total. The molecule has 2 aromatic carbocycles. The molecular formula is C25H35Cl2NO2. The Morgan fingerprint density at radius 3 is 2.17 bits per heavy atom. The van der Waals surface area contributed by atoms with E-state index in [0.717, 1.165) is 55.4 Å². The number of hydrogen-bond donors (Lipinski definition) is 1.